The highest BCUT2D eigenvalue weighted by atomic mass is 19.4. The molecule has 0 aliphatic carbocycles. The van der Waals surface area contributed by atoms with E-state index in [1.165, 1.54) is 0 Å². The van der Waals surface area contributed by atoms with E-state index in [9.17, 15) is 18.4 Å². The second-order valence-corrected chi connectivity index (χ2v) is 7.04. The van der Waals surface area contributed by atoms with Gasteiger partial charge in [0.15, 0.2) is 0 Å². The molecule has 4 nitrogen and oxygen atoms in total. The van der Waals surface area contributed by atoms with E-state index < -0.39 is 22.8 Å². The lowest BCUT2D eigenvalue weighted by Crippen LogP contribution is -2.36. The Kier molecular flexibility index (Phi) is 3.96. The van der Waals surface area contributed by atoms with Gasteiger partial charge in [0.1, 0.15) is 17.4 Å². The van der Waals surface area contributed by atoms with Gasteiger partial charge in [0.2, 0.25) is 0 Å². The number of halogens is 3. The molecule has 3 aromatic rings. The van der Waals surface area contributed by atoms with Gasteiger partial charge in [-0.3, -0.25) is 0 Å². The molecule has 1 aliphatic rings. The minimum Gasteiger partial charge on any atom is -0.370 e. The second kappa shape index (κ2) is 6.13. The van der Waals surface area contributed by atoms with Crippen LogP contribution in [0.1, 0.15) is 24.5 Å². The van der Waals surface area contributed by atoms with Gasteiger partial charge in [-0.05, 0) is 30.5 Å². The molecule has 1 atom stereocenters. The maximum Gasteiger partial charge on any atom is 0.417 e. The van der Waals surface area contributed by atoms with Crippen LogP contribution in [0.5, 0.6) is 0 Å². The zero-order valence-electron chi connectivity index (χ0n) is 15.1. The van der Waals surface area contributed by atoms with Crippen molar-refractivity contribution < 1.29 is 13.2 Å². The van der Waals surface area contributed by atoms with Crippen molar-refractivity contribution in [1.82, 2.24) is 9.78 Å². The van der Waals surface area contributed by atoms with Gasteiger partial charge in [0.05, 0.1) is 22.1 Å². The fourth-order valence-corrected chi connectivity index (χ4v) is 3.71. The van der Waals surface area contributed by atoms with E-state index in [4.69, 9.17) is 0 Å². The first-order valence-electron chi connectivity index (χ1n) is 8.80. The van der Waals surface area contributed by atoms with E-state index in [1.807, 2.05) is 6.92 Å². The van der Waals surface area contributed by atoms with Gasteiger partial charge in [0.25, 0.3) is 0 Å². The van der Waals surface area contributed by atoms with E-state index >= 15 is 0 Å². The molecule has 0 fully saturated rings. The van der Waals surface area contributed by atoms with Crippen molar-refractivity contribution >= 4 is 16.7 Å². The number of fused-ring (bicyclic) bond motifs is 3. The smallest absolute Gasteiger partial charge is 0.370 e. The first-order valence-corrected chi connectivity index (χ1v) is 8.80. The number of anilines is 1. The standard InChI is InChI=1S/C21H17F3N4/c1-3-20(2)9-10-26-19-17-14(13-7-5-4-6-8-13)11-16(21(22,23)24)15(12-25)18(17)27-28(19)20/h3-8,11,26H,1,9-10H2,2H3. The van der Waals surface area contributed by atoms with Crippen LogP contribution in [0.2, 0.25) is 0 Å². The molecule has 1 N–H and O–H groups in total. The summed E-state index contributed by atoms with van der Waals surface area (Å²) in [5, 5.41) is 17.8. The van der Waals surface area contributed by atoms with Gasteiger partial charge < -0.3 is 5.32 Å². The van der Waals surface area contributed by atoms with Crippen LogP contribution < -0.4 is 5.32 Å². The van der Waals surface area contributed by atoms with E-state index in [0.29, 0.717) is 35.3 Å². The number of hydrogen-bond donors (Lipinski definition) is 1. The summed E-state index contributed by atoms with van der Waals surface area (Å²) in [7, 11) is 0. The third-order valence-corrected chi connectivity index (χ3v) is 5.30. The van der Waals surface area contributed by atoms with E-state index in [0.717, 1.165) is 6.07 Å². The summed E-state index contributed by atoms with van der Waals surface area (Å²) in [5.74, 6) is 0.604. The van der Waals surface area contributed by atoms with E-state index in [-0.39, 0.29) is 5.52 Å². The Morgan fingerprint density at radius 2 is 2.04 bits per heavy atom. The molecular formula is C21H17F3N4. The van der Waals surface area contributed by atoms with Gasteiger partial charge in [-0.2, -0.15) is 23.5 Å². The molecule has 1 unspecified atom stereocenters. The number of alkyl halides is 3. The van der Waals surface area contributed by atoms with Crippen molar-refractivity contribution in [1.29, 1.82) is 5.26 Å². The average Bonchev–Trinajstić information content (AvgIpc) is 3.08. The third-order valence-electron chi connectivity index (χ3n) is 5.30. The van der Waals surface area contributed by atoms with Crippen molar-refractivity contribution in [3.8, 4) is 17.2 Å². The molecule has 0 amide bonds. The lowest BCUT2D eigenvalue weighted by atomic mass is 9.93. The molecule has 142 valence electrons. The van der Waals surface area contributed by atoms with Crippen LogP contribution in [0.15, 0.2) is 49.1 Å². The van der Waals surface area contributed by atoms with Crippen molar-refractivity contribution in [2.45, 2.75) is 25.1 Å². The molecule has 0 saturated carbocycles. The van der Waals surface area contributed by atoms with Crippen molar-refractivity contribution in [3.05, 3.63) is 60.2 Å². The highest BCUT2D eigenvalue weighted by Crippen LogP contribution is 2.45. The van der Waals surface area contributed by atoms with Gasteiger partial charge in [-0.1, -0.05) is 36.4 Å². The van der Waals surface area contributed by atoms with Crippen LogP contribution in [0.3, 0.4) is 0 Å². The Labute approximate surface area is 159 Å². The number of benzene rings is 2. The normalized spacial score (nSPS) is 19.0. The SMILES string of the molecule is C=CC1(C)CCNc2c3c(-c4ccccc4)cc(C(F)(F)F)c(C#N)c3nn21. The molecule has 2 heterocycles. The Morgan fingerprint density at radius 3 is 2.64 bits per heavy atom. The molecule has 28 heavy (non-hydrogen) atoms. The van der Waals surface area contributed by atoms with E-state index in [1.54, 1.807) is 47.2 Å². The summed E-state index contributed by atoms with van der Waals surface area (Å²) in [6.07, 6.45) is -2.24. The predicted molar refractivity (Wildman–Crippen MR) is 102 cm³/mol. The average molecular weight is 382 g/mol. The summed E-state index contributed by atoms with van der Waals surface area (Å²) in [6.45, 7) is 6.42. The minimum absolute atomic E-state index is 0.0497. The predicted octanol–water partition coefficient (Wildman–Crippen LogP) is 5.31. The molecular weight excluding hydrogens is 365 g/mol. The monoisotopic (exact) mass is 382 g/mol. The maximum atomic E-state index is 13.7. The topological polar surface area (TPSA) is 53.6 Å². The van der Waals surface area contributed by atoms with Gasteiger partial charge >= 0.3 is 6.18 Å². The molecule has 7 heteroatoms. The highest BCUT2D eigenvalue weighted by Gasteiger charge is 2.39. The fraction of sp³-hybridized carbons (Fsp3) is 0.238. The third kappa shape index (κ3) is 2.56. The number of hydrogen-bond acceptors (Lipinski definition) is 3. The first-order chi connectivity index (χ1) is 13.3. The molecule has 1 aliphatic heterocycles. The summed E-state index contributed by atoms with van der Waals surface area (Å²) >= 11 is 0. The Bertz CT molecular complexity index is 1120. The molecule has 0 saturated heterocycles. The van der Waals surface area contributed by atoms with Gasteiger partial charge in [-0.25, -0.2) is 4.68 Å². The summed E-state index contributed by atoms with van der Waals surface area (Å²) < 4.78 is 42.9. The lowest BCUT2D eigenvalue weighted by molar-refractivity contribution is -0.137. The maximum absolute atomic E-state index is 13.7. The molecule has 0 spiro atoms. The highest BCUT2D eigenvalue weighted by molar-refractivity contribution is 6.06. The Morgan fingerprint density at radius 1 is 1.32 bits per heavy atom. The van der Waals surface area contributed by atoms with Crippen molar-refractivity contribution in [2.24, 2.45) is 0 Å². The van der Waals surface area contributed by atoms with Crippen LogP contribution in [0, 0.1) is 11.3 Å². The zero-order chi connectivity index (χ0) is 20.1. The summed E-state index contributed by atoms with van der Waals surface area (Å²) in [5.41, 5.74) is -0.920. The Hall–Kier alpha value is -3.27. The van der Waals surface area contributed by atoms with Crippen molar-refractivity contribution in [3.63, 3.8) is 0 Å². The largest absolute Gasteiger partial charge is 0.417 e. The molecule has 4 rings (SSSR count). The van der Waals surface area contributed by atoms with Crippen molar-refractivity contribution in [2.75, 3.05) is 11.9 Å². The lowest BCUT2D eigenvalue weighted by Gasteiger charge is -2.33. The quantitative estimate of drug-likeness (QED) is 0.611. The number of rotatable bonds is 2. The summed E-state index contributed by atoms with van der Waals surface area (Å²) in [4.78, 5) is 0. The number of allylic oxidation sites excluding steroid dienone is 1. The molecule has 1 aromatic heterocycles. The zero-order valence-corrected chi connectivity index (χ0v) is 15.1. The number of nitrogens with one attached hydrogen (secondary N) is 1. The molecule has 0 bridgehead atoms. The second-order valence-electron chi connectivity index (χ2n) is 7.04. The van der Waals surface area contributed by atoms with Crippen LogP contribution in [0.25, 0.3) is 22.0 Å². The fourth-order valence-electron chi connectivity index (χ4n) is 3.71. The van der Waals surface area contributed by atoms with Gasteiger partial charge in [-0.15, -0.1) is 6.58 Å². The Balaban J connectivity index is 2.19. The van der Waals surface area contributed by atoms with Crippen LogP contribution in [0.4, 0.5) is 19.0 Å². The number of nitriles is 1. The first kappa shape index (κ1) is 18.1. The van der Waals surface area contributed by atoms with Crippen LogP contribution in [-0.4, -0.2) is 16.3 Å². The number of nitrogens with zero attached hydrogens (tertiary/aromatic N) is 3. The van der Waals surface area contributed by atoms with Crippen LogP contribution >= 0.6 is 0 Å². The van der Waals surface area contributed by atoms with Gasteiger partial charge in [0, 0.05) is 6.54 Å². The van der Waals surface area contributed by atoms with E-state index in [2.05, 4.69) is 17.0 Å². The van der Waals surface area contributed by atoms with Crippen LogP contribution in [-0.2, 0) is 11.7 Å². The number of aromatic nitrogens is 2. The minimum atomic E-state index is -4.66. The summed E-state index contributed by atoms with van der Waals surface area (Å²) in [6, 6.07) is 11.6. The molecule has 2 aromatic carbocycles. The molecule has 0 radical (unpaired) electrons.